The van der Waals surface area contributed by atoms with E-state index in [-0.39, 0.29) is 30.9 Å². The van der Waals surface area contributed by atoms with Gasteiger partial charge in [0.25, 0.3) is 0 Å². The predicted molar refractivity (Wildman–Crippen MR) is 117 cm³/mol. The second kappa shape index (κ2) is 10.1. The number of amides is 2. The van der Waals surface area contributed by atoms with E-state index in [4.69, 9.17) is 9.84 Å². The molecule has 0 aliphatic heterocycles. The molecule has 31 heavy (non-hydrogen) atoms. The zero-order valence-electron chi connectivity index (χ0n) is 17.8. The number of carboxylic acid groups (broad SMARTS) is 1. The molecule has 0 saturated carbocycles. The molecule has 2 aromatic rings. The number of benzene rings is 2. The molecule has 0 radical (unpaired) electrons. The Balaban J connectivity index is 1.43. The number of alkyl carbamates (subject to hydrolysis) is 1. The summed E-state index contributed by atoms with van der Waals surface area (Å²) in [4.78, 5) is 36.2. The Labute approximate surface area is 182 Å². The Bertz CT molecular complexity index is 913. The molecule has 2 N–H and O–H groups in total. The van der Waals surface area contributed by atoms with E-state index in [1.807, 2.05) is 24.3 Å². The van der Waals surface area contributed by atoms with Gasteiger partial charge in [-0.2, -0.15) is 0 Å². The molecular weight excluding hydrogens is 396 g/mol. The fourth-order valence-corrected chi connectivity index (χ4v) is 4.03. The van der Waals surface area contributed by atoms with E-state index in [0.29, 0.717) is 19.4 Å². The maximum absolute atomic E-state index is 12.2. The molecule has 7 heteroatoms. The summed E-state index contributed by atoms with van der Waals surface area (Å²) in [5.41, 5.74) is 4.68. The molecule has 0 fully saturated rings. The van der Waals surface area contributed by atoms with Gasteiger partial charge in [-0.3, -0.25) is 9.59 Å². The maximum atomic E-state index is 12.2. The number of hydrogen-bond acceptors (Lipinski definition) is 4. The summed E-state index contributed by atoms with van der Waals surface area (Å²) in [5.74, 6) is -1.56. The third-order valence-electron chi connectivity index (χ3n) is 5.60. The highest BCUT2D eigenvalue weighted by Gasteiger charge is 2.29. The minimum Gasteiger partial charge on any atom is -0.480 e. The van der Waals surface area contributed by atoms with Gasteiger partial charge in [0.2, 0.25) is 5.91 Å². The van der Waals surface area contributed by atoms with E-state index >= 15 is 0 Å². The normalized spacial score (nSPS) is 13.1. The number of carbonyl (C=O) groups is 3. The van der Waals surface area contributed by atoms with E-state index in [9.17, 15) is 14.4 Å². The van der Waals surface area contributed by atoms with Crippen LogP contribution in [0.3, 0.4) is 0 Å². The van der Waals surface area contributed by atoms with Crippen molar-refractivity contribution >= 4 is 18.0 Å². The molecule has 0 aromatic heterocycles. The molecule has 0 heterocycles. The Hall–Kier alpha value is -3.35. The van der Waals surface area contributed by atoms with Crippen molar-refractivity contribution in [3.05, 3.63) is 59.7 Å². The Morgan fingerprint density at radius 1 is 1.06 bits per heavy atom. The van der Waals surface area contributed by atoms with Crippen LogP contribution in [-0.4, -0.2) is 54.7 Å². The second-order valence-electron chi connectivity index (χ2n) is 7.88. The van der Waals surface area contributed by atoms with Crippen LogP contribution in [0.25, 0.3) is 11.1 Å². The minimum absolute atomic E-state index is 0.0144. The van der Waals surface area contributed by atoms with Gasteiger partial charge in [0.15, 0.2) is 0 Å². The summed E-state index contributed by atoms with van der Waals surface area (Å²) < 4.78 is 5.49. The number of carboxylic acids is 1. The van der Waals surface area contributed by atoms with Crippen molar-refractivity contribution in [1.82, 2.24) is 10.2 Å². The number of nitrogens with one attached hydrogen (secondary N) is 1. The lowest BCUT2D eigenvalue weighted by atomic mass is 9.98. The van der Waals surface area contributed by atoms with Gasteiger partial charge < -0.3 is 20.1 Å². The number of rotatable bonds is 9. The molecule has 1 atom stereocenters. The first-order valence-corrected chi connectivity index (χ1v) is 10.4. The molecule has 164 valence electrons. The van der Waals surface area contributed by atoms with Gasteiger partial charge in [-0.05, 0) is 35.1 Å². The molecule has 1 aliphatic carbocycles. The lowest BCUT2D eigenvalue weighted by Gasteiger charge is -2.19. The zero-order valence-corrected chi connectivity index (χ0v) is 17.8. The number of aliphatic carboxylic acids is 1. The van der Waals surface area contributed by atoms with E-state index < -0.39 is 12.1 Å². The van der Waals surface area contributed by atoms with Gasteiger partial charge in [0, 0.05) is 25.4 Å². The molecule has 1 aliphatic rings. The van der Waals surface area contributed by atoms with Gasteiger partial charge in [-0.25, -0.2) is 4.79 Å². The number of nitrogens with zero attached hydrogens (tertiary/aromatic N) is 1. The van der Waals surface area contributed by atoms with Crippen molar-refractivity contribution < 1.29 is 24.2 Å². The molecular formula is C24H28N2O5. The van der Waals surface area contributed by atoms with Crippen LogP contribution >= 0.6 is 0 Å². The van der Waals surface area contributed by atoms with Gasteiger partial charge >= 0.3 is 12.1 Å². The Morgan fingerprint density at radius 3 is 2.23 bits per heavy atom. The van der Waals surface area contributed by atoms with Crippen LogP contribution in [0, 0.1) is 5.92 Å². The van der Waals surface area contributed by atoms with Crippen LogP contribution in [0.4, 0.5) is 4.79 Å². The van der Waals surface area contributed by atoms with Gasteiger partial charge in [-0.15, -0.1) is 0 Å². The van der Waals surface area contributed by atoms with Crippen LogP contribution in [0.2, 0.25) is 0 Å². The van der Waals surface area contributed by atoms with E-state index in [2.05, 4.69) is 29.6 Å². The van der Waals surface area contributed by atoms with Crippen LogP contribution in [0.5, 0.6) is 0 Å². The van der Waals surface area contributed by atoms with Crippen LogP contribution in [0.15, 0.2) is 48.5 Å². The summed E-state index contributed by atoms with van der Waals surface area (Å²) in [6, 6.07) is 16.3. The maximum Gasteiger partial charge on any atom is 0.407 e. The van der Waals surface area contributed by atoms with Crippen molar-refractivity contribution in [1.29, 1.82) is 0 Å². The van der Waals surface area contributed by atoms with Crippen molar-refractivity contribution in [3.8, 4) is 11.1 Å². The number of fused-ring (bicyclic) bond motifs is 3. The largest absolute Gasteiger partial charge is 0.480 e. The fourth-order valence-electron chi connectivity index (χ4n) is 4.03. The first-order chi connectivity index (χ1) is 14.9. The number of likely N-dealkylation sites (N-methyl/N-ethyl adjacent to an activating group) is 1. The van der Waals surface area contributed by atoms with Crippen molar-refractivity contribution in [2.45, 2.75) is 25.7 Å². The molecule has 2 aromatic carbocycles. The van der Waals surface area contributed by atoms with E-state index in [0.717, 1.165) is 11.1 Å². The highest BCUT2D eigenvalue weighted by atomic mass is 16.5. The monoisotopic (exact) mass is 424 g/mol. The first-order valence-electron chi connectivity index (χ1n) is 10.4. The van der Waals surface area contributed by atoms with Crippen molar-refractivity contribution in [2.75, 3.05) is 26.7 Å². The lowest BCUT2D eigenvalue weighted by Crippen LogP contribution is -2.36. The summed E-state index contributed by atoms with van der Waals surface area (Å²) in [7, 11) is 1.47. The minimum atomic E-state index is -1.04. The molecule has 1 unspecified atom stereocenters. The second-order valence-corrected chi connectivity index (χ2v) is 7.88. The topological polar surface area (TPSA) is 95.9 Å². The molecule has 3 rings (SSSR count). The van der Waals surface area contributed by atoms with E-state index in [1.165, 1.54) is 23.1 Å². The Kier molecular flexibility index (Phi) is 7.28. The third-order valence-corrected chi connectivity index (χ3v) is 5.60. The van der Waals surface area contributed by atoms with Gasteiger partial charge in [0.05, 0.1) is 0 Å². The summed E-state index contributed by atoms with van der Waals surface area (Å²) in [6.45, 7) is 2.08. The van der Waals surface area contributed by atoms with E-state index in [1.54, 1.807) is 6.92 Å². The molecule has 0 spiro atoms. The smallest absolute Gasteiger partial charge is 0.407 e. The summed E-state index contributed by atoms with van der Waals surface area (Å²) in [6.07, 6.45) is 0.661. The Morgan fingerprint density at radius 2 is 1.65 bits per heavy atom. The average molecular weight is 424 g/mol. The lowest BCUT2D eigenvalue weighted by molar-refractivity contribution is -0.145. The quantitative estimate of drug-likeness (QED) is 0.601. The summed E-state index contributed by atoms with van der Waals surface area (Å²) in [5, 5.41) is 11.5. The highest BCUT2D eigenvalue weighted by Crippen LogP contribution is 2.44. The standard InChI is InChI=1S/C24H28N2O5/c1-16(23(29)26(2)14-22(27)28)8-7-13-25-24(30)31-15-21-19-11-5-3-9-17(19)18-10-4-6-12-20(18)21/h3-6,9-12,16,21H,7-8,13-15H2,1-2H3,(H,25,30)(H,27,28). The number of hydrogen-bond donors (Lipinski definition) is 2. The van der Waals surface area contributed by atoms with Crippen molar-refractivity contribution in [3.63, 3.8) is 0 Å². The predicted octanol–water partition coefficient (Wildman–Crippen LogP) is 3.48. The highest BCUT2D eigenvalue weighted by molar-refractivity contribution is 5.82. The first kappa shape index (κ1) is 22.3. The van der Waals surface area contributed by atoms with Crippen LogP contribution < -0.4 is 5.32 Å². The zero-order chi connectivity index (χ0) is 22.4. The van der Waals surface area contributed by atoms with Gasteiger partial charge in [0.1, 0.15) is 13.2 Å². The van der Waals surface area contributed by atoms with Crippen LogP contribution in [-0.2, 0) is 14.3 Å². The van der Waals surface area contributed by atoms with Crippen molar-refractivity contribution in [2.24, 2.45) is 5.92 Å². The summed E-state index contributed by atoms with van der Waals surface area (Å²) >= 11 is 0. The van der Waals surface area contributed by atoms with Crippen LogP contribution in [0.1, 0.15) is 36.8 Å². The number of ether oxygens (including phenoxy) is 1. The molecule has 7 nitrogen and oxygen atoms in total. The fraction of sp³-hybridized carbons (Fsp3) is 0.375. The molecule has 0 saturated heterocycles. The molecule has 2 amide bonds. The molecule has 0 bridgehead atoms. The number of carbonyl (C=O) groups excluding carboxylic acids is 2. The average Bonchev–Trinajstić information content (AvgIpc) is 3.08. The SMILES string of the molecule is CC(CCCNC(=O)OCC1c2ccccc2-c2ccccc21)C(=O)N(C)CC(=O)O. The third kappa shape index (κ3) is 5.42. The van der Waals surface area contributed by atoms with Gasteiger partial charge in [-0.1, -0.05) is 55.5 Å².